The summed E-state index contributed by atoms with van der Waals surface area (Å²) in [7, 11) is 0. The number of aromatic amines is 1. The van der Waals surface area contributed by atoms with Crippen molar-refractivity contribution in [1.29, 1.82) is 0 Å². The molecule has 1 N–H and O–H groups in total. The standard InChI is InChI=1S/C26H27N3O2/c1-16-7-6-8-17(13-16)25-24-20(19-11-4-5-12-21(19)27-24)14-22-26(31)28(15-23(30)29(22)25)18-9-2-3-10-18/h4-8,11-13,18,22,25,27H,2-3,9-10,14-15H2,1H3/t22-,25?/m0/s1. The molecule has 3 aromatic rings. The summed E-state index contributed by atoms with van der Waals surface area (Å²) < 4.78 is 0. The third-order valence-electron chi connectivity index (χ3n) is 7.42. The molecule has 3 aliphatic rings. The molecule has 2 atom stereocenters. The predicted octanol–water partition coefficient (Wildman–Crippen LogP) is 4.10. The molecule has 1 unspecified atom stereocenters. The normalized spacial score (nSPS) is 24.0. The number of nitrogens with one attached hydrogen (secondary N) is 1. The number of nitrogens with zero attached hydrogens (tertiary/aromatic N) is 2. The van der Waals surface area contributed by atoms with Gasteiger partial charge in [0, 0.05) is 29.1 Å². The highest BCUT2D eigenvalue weighted by Gasteiger charge is 2.49. The fraction of sp³-hybridized carbons (Fsp3) is 0.385. The van der Waals surface area contributed by atoms with Crippen LogP contribution in [0.1, 0.15) is 54.1 Å². The number of piperazine rings is 1. The molecule has 1 saturated heterocycles. The average molecular weight is 414 g/mol. The zero-order valence-electron chi connectivity index (χ0n) is 17.8. The van der Waals surface area contributed by atoms with Crippen LogP contribution in [0, 0.1) is 6.92 Å². The van der Waals surface area contributed by atoms with Crippen molar-refractivity contribution in [1.82, 2.24) is 14.8 Å². The fourth-order valence-electron chi connectivity index (χ4n) is 6.00. The lowest BCUT2D eigenvalue weighted by atomic mass is 9.85. The number of carbonyl (C=O) groups is 2. The van der Waals surface area contributed by atoms with Crippen molar-refractivity contribution >= 4 is 22.7 Å². The molecule has 1 saturated carbocycles. The minimum absolute atomic E-state index is 0.0623. The highest BCUT2D eigenvalue weighted by atomic mass is 16.2. The van der Waals surface area contributed by atoms with E-state index in [4.69, 9.17) is 0 Å². The van der Waals surface area contributed by atoms with Crippen LogP contribution in [0.25, 0.3) is 10.9 Å². The second-order valence-electron chi connectivity index (χ2n) is 9.30. The molecule has 31 heavy (non-hydrogen) atoms. The summed E-state index contributed by atoms with van der Waals surface area (Å²) in [4.78, 5) is 34.6. The van der Waals surface area contributed by atoms with E-state index in [2.05, 4.69) is 42.2 Å². The van der Waals surface area contributed by atoms with Crippen molar-refractivity contribution < 1.29 is 9.59 Å². The zero-order valence-corrected chi connectivity index (χ0v) is 17.8. The van der Waals surface area contributed by atoms with Gasteiger partial charge in [-0.3, -0.25) is 9.59 Å². The molecule has 0 radical (unpaired) electrons. The van der Waals surface area contributed by atoms with Crippen LogP contribution < -0.4 is 0 Å². The summed E-state index contributed by atoms with van der Waals surface area (Å²) in [5.41, 5.74) is 5.52. The smallest absolute Gasteiger partial charge is 0.246 e. The molecule has 5 nitrogen and oxygen atoms in total. The summed E-state index contributed by atoms with van der Waals surface area (Å²) in [6.07, 6.45) is 4.91. The number of para-hydroxylation sites is 1. The molecule has 2 aromatic carbocycles. The number of hydrogen-bond donors (Lipinski definition) is 1. The Morgan fingerprint density at radius 1 is 1.00 bits per heavy atom. The van der Waals surface area contributed by atoms with Crippen LogP contribution in [-0.4, -0.2) is 45.2 Å². The quantitative estimate of drug-likeness (QED) is 0.688. The Labute approximate surface area is 182 Å². The van der Waals surface area contributed by atoms with E-state index < -0.39 is 6.04 Å². The molecular formula is C26H27N3O2. The van der Waals surface area contributed by atoms with Crippen LogP contribution in [-0.2, 0) is 16.0 Å². The third-order valence-corrected chi connectivity index (χ3v) is 7.42. The number of aryl methyl sites for hydroxylation is 1. The Kier molecular flexibility index (Phi) is 4.20. The van der Waals surface area contributed by atoms with Gasteiger partial charge in [0.1, 0.15) is 12.6 Å². The van der Waals surface area contributed by atoms with Gasteiger partial charge in [-0.2, -0.15) is 0 Å². The summed E-state index contributed by atoms with van der Waals surface area (Å²) in [6.45, 7) is 2.28. The summed E-state index contributed by atoms with van der Waals surface area (Å²) >= 11 is 0. The van der Waals surface area contributed by atoms with E-state index in [-0.39, 0.29) is 30.4 Å². The molecule has 158 valence electrons. The van der Waals surface area contributed by atoms with Gasteiger partial charge in [-0.25, -0.2) is 0 Å². The largest absolute Gasteiger partial charge is 0.356 e. The molecule has 2 fully saturated rings. The number of carbonyl (C=O) groups excluding carboxylic acids is 2. The van der Waals surface area contributed by atoms with Gasteiger partial charge < -0.3 is 14.8 Å². The first-order valence-corrected chi connectivity index (χ1v) is 11.4. The number of H-pyrrole nitrogens is 1. The van der Waals surface area contributed by atoms with Crippen molar-refractivity contribution in [3.8, 4) is 0 Å². The lowest BCUT2D eigenvalue weighted by molar-refractivity contribution is -0.160. The summed E-state index contributed by atoms with van der Waals surface area (Å²) in [5.74, 6) is 0.187. The SMILES string of the molecule is Cc1cccc(C2c3[nH]c4ccccc4c3C[C@H]3C(=O)N(C4CCCC4)CC(=O)N23)c1. The van der Waals surface area contributed by atoms with Crippen LogP contribution >= 0.6 is 0 Å². The monoisotopic (exact) mass is 413 g/mol. The van der Waals surface area contributed by atoms with Crippen LogP contribution in [0.2, 0.25) is 0 Å². The van der Waals surface area contributed by atoms with Crippen LogP contribution in [0.3, 0.4) is 0 Å². The van der Waals surface area contributed by atoms with E-state index in [0.717, 1.165) is 53.4 Å². The Morgan fingerprint density at radius 3 is 2.61 bits per heavy atom. The maximum atomic E-state index is 13.7. The van der Waals surface area contributed by atoms with E-state index in [1.807, 2.05) is 28.0 Å². The Bertz CT molecular complexity index is 1190. The van der Waals surface area contributed by atoms with Crippen molar-refractivity contribution in [3.05, 3.63) is 70.9 Å². The predicted molar refractivity (Wildman–Crippen MR) is 120 cm³/mol. The number of aromatic nitrogens is 1. The molecule has 5 heteroatoms. The lowest BCUT2D eigenvalue weighted by Gasteiger charge is -2.48. The van der Waals surface area contributed by atoms with Gasteiger partial charge in [0.2, 0.25) is 11.8 Å². The highest BCUT2D eigenvalue weighted by Crippen LogP contribution is 2.43. The van der Waals surface area contributed by atoms with Gasteiger partial charge in [0.25, 0.3) is 0 Å². The highest BCUT2D eigenvalue weighted by molar-refractivity contribution is 5.97. The number of fused-ring (bicyclic) bond motifs is 4. The number of benzene rings is 2. The molecule has 1 aromatic heterocycles. The molecule has 1 aliphatic carbocycles. The topological polar surface area (TPSA) is 56.4 Å². The van der Waals surface area contributed by atoms with Crippen molar-refractivity contribution in [2.24, 2.45) is 0 Å². The first-order chi connectivity index (χ1) is 15.1. The van der Waals surface area contributed by atoms with Crippen LogP contribution in [0.5, 0.6) is 0 Å². The van der Waals surface area contributed by atoms with E-state index in [0.29, 0.717) is 6.42 Å². The molecule has 6 rings (SSSR count). The summed E-state index contributed by atoms with van der Waals surface area (Å²) in [6, 6.07) is 16.1. The zero-order chi connectivity index (χ0) is 21.1. The average Bonchev–Trinajstić information content (AvgIpc) is 3.43. The van der Waals surface area contributed by atoms with E-state index >= 15 is 0 Å². The van der Waals surface area contributed by atoms with Crippen LogP contribution in [0.4, 0.5) is 0 Å². The van der Waals surface area contributed by atoms with Gasteiger partial charge in [-0.05, 0) is 37.0 Å². The minimum Gasteiger partial charge on any atom is -0.356 e. The first-order valence-electron chi connectivity index (χ1n) is 11.4. The number of hydrogen-bond acceptors (Lipinski definition) is 2. The molecule has 2 aliphatic heterocycles. The van der Waals surface area contributed by atoms with E-state index in [9.17, 15) is 9.59 Å². The van der Waals surface area contributed by atoms with Gasteiger partial charge in [0.15, 0.2) is 0 Å². The Morgan fingerprint density at radius 2 is 1.81 bits per heavy atom. The molecule has 3 heterocycles. The lowest BCUT2D eigenvalue weighted by Crippen LogP contribution is -2.64. The van der Waals surface area contributed by atoms with Gasteiger partial charge in [-0.15, -0.1) is 0 Å². The minimum atomic E-state index is -0.431. The maximum Gasteiger partial charge on any atom is 0.246 e. The van der Waals surface area contributed by atoms with Gasteiger partial charge >= 0.3 is 0 Å². The molecular weight excluding hydrogens is 386 g/mol. The Balaban J connectivity index is 1.52. The maximum absolute atomic E-state index is 13.7. The van der Waals surface area contributed by atoms with Crippen molar-refractivity contribution in [3.63, 3.8) is 0 Å². The first kappa shape index (κ1) is 18.7. The van der Waals surface area contributed by atoms with Crippen molar-refractivity contribution in [2.75, 3.05) is 6.54 Å². The van der Waals surface area contributed by atoms with Crippen LogP contribution in [0.15, 0.2) is 48.5 Å². The fourth-order valence-corrected chi connectivity index (χ4v) is 6.00. The van der Waals surface area contributed by atoms with Gasteiger partial charge in [-0.1, -0.05) is 60.9 Å². The van der Waals surface area contributed by atoms with E-state index in [1.165, 1.54) is 5.56 Å². The van der Waals surface area contributed by atoms with E-state index in [1.54, 1.807) is 0 Å². The second-order valence-corrected chi connectivity index (χ2v) is 9.30. The second kappa shape index (κ2) is 6.98. The van der Waals surface area contributed by atoms with Gasteiger partial charge in [0.05, 0.1) is 6.04 Å². The Hall–Kier alpha value is -3.08. The molecule has 2 amide bonds. The molecule has 0 spiro atoms. The molecule has 0 bridgehead atoms. The summed E-state index contributed by atoms with van der Waals surface area (Å²) in [5, 5.41) is 1.16. The van der Waals surface area contributed by atoms with Crippen molar-refractivity contribution in [2.45, 2.75) is 57.2 Å². The number of amides is 2. The third kappa shape index (κ3) is 2.83. The number of rotatable bonds is 2.